The Morgan fingerprint density at radius 3 is 2.25 bits per heavy atom. The molecule has 1 fully saturated rings. The predicted octanol–water partition coefficient (Wildman–Crippen LogP) is 3.03. The molecule has 16 heavy (non-hydrogen) atoms. The largest absolute Gasteiger partial charge is 0.314 e. The third-order valence-corrected chi connectivity index (χ3v) is 4.14. The van der Waals surface area contributed by atoms with Crippen molar-refractivity contribution in [2.75, 3.05) is 26.7 Å². The SMILES string of the molecule is CCCCCCCN1CCC(C)(NC)CC1. The van der Waals surface area contributed by atoms with E-state index in [2.05, 4.69) is 31.1 Å². The molecule has 0 spiro atoms. The number of unbranched alkanes of at least 4 members (excludes halogenated alkanes) is 4. The molecule has 0 bridgehead atoms. The van der Waals surface area contributed by atoms with Crippen LogP contribution in [0.25, 0.3) is 0 Å². The van der Waals surface area contributed by atoms with Crippen LogP contribution in [0.3, 0.4) is 0 Å². The molecule has 0 saturated carbocycles. The highest BCUT2D eigenvalue weighted by molar-refractivity contribution is 4.87. The molecule has 1 aliphatic heterocycles. The summed E-state index contributed by atoms with van der Waals surface area (Å²) in [5.74, 6) is 0. The molecule has 2 nitrogen and oxygen atoms in total. The second kappa shape index (κ2) is 7.29. The quantitative estimate of drug-likeness (QED) is 0.671. The van der Waals surface area contributed by atoms with Crippen LogP contribution >= 0.6 is 0 Å². The van der Waals surface area contributed by atoms with Crippen LogP contribution in [0.2, 0.25) is 0 Å². The van der Waals surface area contributed by atoms with Gasteiger partial charge in [-0.25, -0.2) is 0 Å². The summed E-state index contributed by atoms with van der Waals surface area (Å²) < 4.78 is 0. The highest BCUT2D eigenvalue weighted by Crippen LogP contribution is 2.21. The maximum atomic E-state index is 3.46. The van der Waals surface area contributed by atoms with Crippen molar-refractivity contribution >= 4 is 0 Å². The van der Waals surface area contributed by atoms with Crippen LogP contribution in [0.5, 0.6) is 0 Å². The van der Waals surface area contributed by atoms with E-state index in [0.29, 0.717) is 5.54 Å². The van der Waals surface area contributed by atoms with Gasteiger partial charge in [-0.3, -0.25) is 0 Å². The van der Waals surface area contributed by atoms with Crippen molar-refractivity contribution in [1.82, 2.24) is 10.2 Å². The van der Waals surface area contributed by atoms with Gasteiger partial charge in [0.2, 0.25) is 0 Å². The topological polar surface area (TPSA) is 15.3 Å². The standard InChI is InChI=1S/C14H30N2/c1-4-5-6-7-8-11-16-12-9-14(2,15-3)10-13-16/h15H,4-13H2,1-3H3. The summed E-state index contributed by atoms with van der Waals surface area (Å²) in [5.41, 5.74) is 0.401. The molecule has 1 aliphatic rings. The van der Waals surface area contributed by atoms with Crippen LogP contribution in [-0.2, 0) is 0 Å². The number of rotatable bonds is 7. The third kappa shape index (κ3) is 4.84. The molecule has 0 atom stereocenters. The van der Waals surface area contributed by atoms with Gasteiger partial charge >= 0.3 is 0 Å². The molecule has 2 heteroatoms. The van der Waals surface area contributed by atoms with E-state index in [9.17, 15) is 0 Å². The lowest BCUT2D eigenvalue weighted by Gasteiger charge is -2.39. The Bertz CT molecular complexity index is 172. The lowest BCUT2D eigenvalue weighted by Crippen LogP contribution is -2.50. The van der Waals surface area contributed by atoms with Crippen molar-refractivity contribution in [3.63, 3.8) is 0 Å². The molecule has 0 aromatic rings. The van der Waals surface area contributed by atoms with Crippen molar-refractivity contribution in [1.29, 1.82) is 0 Å². The van der Waals surface area contributed by atoms with E-state index >= 15 is 0 Å². The molecular formula is C14H30N2. The minimum absolute atomic E-state index is 0.401. The monoisotopic (exact) mass is 226 g/mol. The van der Waals surface area contributed by atoms with E-state index in [1.165, 1.54) is 64.6 Å². The summed E-state index contributed by atoms with van der Waals surface area (Å²) in [6, 6.07) is 0. The average Bonchev–Trinajstić information content (AvgIpc) is 2.31. The number of piperidine rings is 1. The summed E-state index contributed by atoms with van der Waals surface area (Å²) in [7, 11) is 2.10. The maximum absolute atomic E-state index is 3.46. The van der Waals surface area contributed by atoms with Gasteiger partial charge < -0.3 is 10.2 Å². The lowest BCUT2D eigenvalue weighted by molar-refractivity contribution is 0.150. The van der Waals surface area contributed by atoms with E-state index in [-0.39, 0.29) is 0 Å². The highest BCUT2D eigenvalue weighted by Gasteiger charge is 2.27. The first-order valence-corrected chi connectivity index (χ1v) is 7.11. The molecule has 0 unspecified atom stereocenters. The zero-order valence-corrected chi connectivity index (χ0v) is 11.5. The fourth-order valence-corrected chi connectivity index (χ4v) is 2.46. The Hall–Kier alpha value is -0.0800. The van der Waals surface area contributed by atoms with Crippen molar-refractivity contribution < 1.29 is 0 Å². The van der Waals surface area contributed by atoms with E-state index in [1.807, 2.05) is 0 Å². The first kappa shape index (κ1) is 14.0. The Kier molecular flexibility index (Phi) is 6.37. The molecule has 0 aromatic carbocycles. The zero-order chi connectivity index (χ0) is 11.9. The van der Waals surface area contributed by atoms with Crippen LogP contribution in [0, 0.1) is 0 Å². The van der Waals surface area contributed by atoms with Gasteiger partial charge in [0.25, 0.3) is 0 Å². The summed E-state index contributed by atoms with van der Waals surface area (Å²) in [6.45, 7) is 8.52. The second-order valence-corrected chi connectivity index (χ2v) is 5.57. The molecule has 1 heterocycles. The van der Waals surface area contributed by atoms with Crippen LogP contribution in [-0.4, -0.2) is 37.1 Å². The van der Waals surface area contributed by atoms with E-state index in [1.54, 1.807) is 0 Å². The second-order valence-electron chi connectivity index (χ2n) is 5.57. The molecule has 0 aromatic heterocycles. The number of likely N-dealkylation sites (tertiary alicyclic amines) is 1. The summed E-state index contributed by atoms with van der Waals surface area (Å²) >= 11 is 0. The summed E-state index contributed by atoms with van der Waals surface area (Å²) in [6.07, 6.45) is 9.63. The summed E-state index contributed by atoms with van der Waals surface area (Å²) in [4.78, 5) is 2.64. The van der Waals surface area contributed by atoms with Gasteiger partial charge in [-0.15, -0.1) is 0 Å². The maximum Gasteiger partial charge on any atom is 0.0174 e. The number of nitrogens with zero attached hydrogens (tertiary/aromatic N) is 1. The fourth-order valence-electron chi connectivity index (χ4n) is 2.46. The van der Waals surface area contributed by atoms with Crippen molar-refractivity contribution in [3.8, 4) is 0 Å². The Morgan fingerprint density at radius 1 is 1.06 bits per heavy atom. The van der Waals surface area contributed by atoms with Crippen LogP contribution in [0.1, 0.15) is 58.8 Å². The number of hydrogen-bond donors (Lipinski definition) is 1. The summed E-state index contributed by atoms with van der Waals surface area (Å²) in [5, 5.41) is 3.46. The van der Waals surface area contributed by atoms with Gasteiger partial charge in [-0.1, -0.05) is 32.6 Å². The van der Waals surface area contributed by atoms with Gasteiger partial charge in [0.05, 0.1) is 0 Å². The molecule has 0 amide bonds. The van der Waals surface area contributed by atoms with Gasteiger partial charge in [0, 0.05) is 5.54 Å². The van der Waals surface area contributed by atoms with E-state index in [0.717, 1.165) is 0 Å². The molecule has 1 rings (SSSR count). The first-order valence-electron chi connectivity index (χ1n) is 7.11. The van der Waals surface area contributed by atoms with Gasteiger partial charge in [-0.2, -0.15) is 0 Å². The molecule has 1 saturated heterocycles. The smallest absolute Gasteiger partial charge is 0.0174 e. The van der Waals surface area contributed by atoms with Crippen LogP contribution in [0.4, 0.5) is 0 Å². The third-order valence-electron chi connectivity index (χ3n) is 4.14. The highest BCUT2D eigenvalue weighted by atomic mass is 15.1. The van der Waals surface area contributed by atoms with Crippen molar-refractivity contribution in [2.45, 2.75) is 64.3 Å². The average molecular weight is 226 g/mol. The van der Waals surface area contributed by atoms with Gasteiger partial charge in [0.1, 0.15) is 0 Å². The van der Waals surface area contributed by atoms with Gasteiger partial charge in [0.15, 0.2) is 0 Å². The molecular weight excluding hydrogens is 196 g/mol. The normalized spacial score (nSPS) is 21.2. The van der Waals surface area contributed by atoms with Crippen LogP contribution < -0.4 is 5.32 Å². The van der Waals surface area contributed by atoms with Crippen LogP contribution in [0.15, 0.2) is 0 Å². The number of nitrogens with one attached hydrogen (secondary N) is 1. The Labute approximate surface area is 102 Å². The minimum Gasteiger partial charge on any atom is -0.314 e. The minimum atomic E-state index is 0.401. The van der Waals surface area contributed by atoms with Crippen molar-refractivity contribution in [2.24, 2.45) is 0 Å². The van der Waals surface area contributed by atoms with Gasteiger partial charge in [-0.05, 0) is 52.9 Å². The lowest BCUT2D eigenvalue weighted by atomic mass is 9.90. The van der Waals surface area contributed by atoms with E-state index < -0.39 is 0 Å². The van der Waals surface area contributed by atoms with E-state index in [4.69, 9.17) is 0 Å². The molecule has 96 valence electrons. The molecule has 0 radical (unpaired) electrons. The zero-order valence-electron chi connectivity index (χ0n) is 11.5. The fraction of sp³-hybridized carbons (Fsp3) is 1.00. The first-order chi connectivity index (χ1) is 7.70. The molecule has 0 aliphatic carbocycles. The Morgan fingerprint density at radius 2 is 1.69 bits per heavy atom. The van der Waals surface area contributed by atoms with Crippen molar-refractivity contribution in [3.05, 3.63) is 0 Å². The Balaban J connectivity index is 2.04. The molecule has 1 N–H and O–H groups in total. The predicted molar refractivity (Wildman–Crippen MR) is 71.9 cm³/mol. The number of hydrogen-bond acceptors (Lipinski definition) is 2.